The first kappa shape index (κ1) is 17.7. The number of methoxy groups -OCH3 is 1. The summed E-state index contributed by atoms with van der Waals surface area (Å²) in [5, 5.41) is 0. The lowest BCUT2D eigenvalue weighted by Gasteiger charge is -2.32. The molecule has 0 N–H and O–H groups in total. The van der Waals surface area contributed by atoms with E-state index in [9.17, 15) is 0 Å². The fourth-order valence-corrected chi connectivity index (χ4v) is 3.24. The summed E-state index contributed by atoms with van der Waals surface area (Å²) in [4.78, 5) is 0. The fourth-order valence-electron chi connectivity index (χ4n) is 3.24. The van der Waals surface area contributed by atoms with E-state index in [0.717, 1.165) is 42.7 Å². The summed E-state index contributed by atoms with van der Waals surface area (Å²) in [6.45, 7) is 7.03. The van der Waals surface area contributed by atoms with Gasteiger partial charge in [0.25, 0.3) is 0 Å². The predicted molar refractivity (Wildman–Crippen MR) is 103 cm³/mol. The van der Waals surface area contributed by atoms with Gasteiger partial charge in [0.05, 0.1) is 7.11 Å². The third kappa shape index (κ3) is 4.28. The Morgan fingerprint density at radius 3 is 2.64 bits per heavy atom. The van der Waals surface area contributed by atoms with Crippen molar-refractivity contribution >= 4 is 6.08 Å². The van der Waals surface area contributed by atoms with Gasteiger partial charge in [0.2, 0.25) is 0 Å². The molecular weight excluding hydrogens is 312 g/mol. The van der Waals surface area contributed by atoms with Crippen LogP contribution in [0.1, 0.15) is 52.0 Å². The monoisotopic (exact) mass is 340 g/mol. The average molecular weight is 340 g/mol. The minimum Gasteiger partial charge on any atom is -0.493 e. The SMILES string of the molecule is COc1cc2c3cc1OCC(C)=CCCC(C)=CCC[C@](C)(C=C3)O2. The number of rotatable bonds is 1. The summed E-state index contributed by atoms with van der Waals surface area (Å²) in [6, 6.07) is 3.95. The van der Waals surface area contributed by atoms with Crippen LogP contribution in [0.15, 0.2) is 41.5 Å². The molecule has 0 unspecified atom stereocenters. The van der Waals surface area contributed by atoms with Crippen LogP contribution in [0.2, 0.25) is 0 Å². The molecule has 1 atom stereocenters. The Labute approximate surface area is 151 Å². The third-order valence-electron chi connectivity index (χ3n) is 4.87. The smallest absolute Gasteiger partial charge is 0.164 e. The Kier molecular flexibility index (Phi) is 5.22. The number of benzene rings is 1. The van der Waals surface area contributed by atoms with Gasteiger partial charge in [0.15, 0.2) is 11.5 Å². The van der Waals surface area contributed by atoms with Crippen molar-refractivity contribution in [2.24, 2.45) is 0 Å². The molecule has 0 radical (unpaired) electrons. The van der Waals surface area contributed by atoms with Gasteiger partial charge >= 0.3 is 0 Å². The van der Waals surface area contributed by atoms with Gasteiger partial charge in [-0.2, -0.15) is 0 Å². The van der Waals surface area contributed by atoms with Crippen LogP contribution in [0.25, 0.3) is 6.08 Å². The number of ether oxygens (including phenoxy) is 3. The molecule has 25 heavy (non-hydrogen) atoms. The van der Waals surface area contributed by atoms with Crippen molar-refractivity contribution in [2.75, 3.05) is 13.7 Å². The molecule has 4 aliphatic rings. The molecule has 0 saturated heterocycles. The zero-order valence-electron chi connectivity index (χ0n) is 15.7. The zero-order chi connectivity index (χ0) is 17.9. The molecular formula is C22H28O3. The van der Waals surface area contributed by atoms with Gasteiger partial charge in [0.1, 0.15) is 18.0 Å². The Morgan fingerprint density at radius 2 is 1.84 bits per heavy atom. The van der Waals surface area contributed by atoms with Crippen molar-refractivity contribution in [3.8, 4) is 17.2 Å². The van der Waals surface area contributed by atoms with Crippen molar-refractivity contribution in [1.29, 1.82) is 0 Å². The van der Waals surface area contributed by atoms with E-state index in [1.54, 1.807) is 7.11 Å². The van der Waals surface area contributed by atoms with E-state index in [-0.39, 0.29) is 5.60 Å². The molecule has 3 nitrogen and oxygen atoms in total. The van der Waals surface area contributed by atoms with Gasteiger partial charge in [-0.1, -0.05) is 23.8 Å². The minimum atomic E-state index is -0.287. The first-order valence-electron chi connectivity index (χ1n) is 9.03. The molecule has 4 aliphatic heterocycles. The molecule has 1 aromatic rings. The summed E-state index contributed by atoms with van der Waals surface area (Å²) in [6.07, 6.45) is 13.0. The molecule has 3 heteroatoms. The summed E-state index contributed by atoms with van der Waals surface area (Å²) in [7, 11) is 1.67. The maximum absolute atomic E-state index is 6.31. The van der Waals surface area contributed by atoms with Crippen LogP contribution in [0.3, 0.4) is 0 Å². The maximum Gasteiger partial charge on any atom is 0.164 e. The first-order valence-corrected chi connectivity index (χ1v) is 9.03. The van der Waals surface area contributed by atoms with E-state index in [1.807, 2.05) is 12.1 Å². The van der Waals surface area contributed by atoms with Crippen LogP contribution in [0, 0.1) is 0 Å². The fraction of sp³-hybridized carbons (Fsp3) is 0.455. The van der Waals surface area contributed by atoms with Crippen molar-refractivity contribution < 1.29 is 14.2 Å². The van der Waals surface area contributed by atoms with Gasteiger partial charge < -0.3 is 14.2 Å². The van der Waals surface area contributed by atoms with Crippen LogP contribution in [0.4, 0.5) is 0 Å². The molecule has 4 heterocycles. The number of hydrogen-bond acceptors (Lipinski definition) is 3. The normalized spacial score (nSPS) is 23.5. The highest BCUT2D eigenvalue weighted by atomic mass is 16.5. The van der Waals surface area contributed by atoms with E-state index in [1.165, 1.54) is 11.1 Å². The Bertz CT molecular complexity index is 727. The predicted octanol–water partition coefficient (Wildman–Crippen LogP) is 5.70. The number of allylic oxidation sites excluding steroid dienone is 3. The first-order chi connectivity index (χ1) is 12.0. The van der Waals surface area contributed by atoms with Crippen molar-refractivity contribution in [2.45, 2.75) is 52.1 Å². The summed E-state index contributed by atoms with van der Waals surface area (Å²) in [5.74, 6) is 2.33. The highest BCUT2D eigenvalue weighted by Gasteiger charge is 2.28. The second-order valence-electron chi connectivity index (χ2n) is 7.26. The van der Waals surface area contributed by atoms with E-state index in [2.05, 4.69) is 45.1 Å². The highest BCUT2D eigenvalue weighted by Crippen LogP contribution is 2.41. The molecule has 0 fully saturated rings. The van der Waals surface area contributed by atoms with Gasteiger partial charge in [-0.25, -0.2) is 0 Å². The number of hydrogen-bond donors (Lipinski definition) is 0. The lowest BCUT2D eigenvalue weighted by Crippen LogP contribution is -2.31. The van der Waals surface area contributed by atoms with Crippen LogP contribution in [-0.2, 0) is 0 Å². The van der Waals surface area contributed by atoms with Crippen LogP contribution in [-0.4, -0.2) is 19.3 Å². The standard InChI is InChI=1S/C22H28O3/c1-16-7-5-8-17(2)15-24-21-13-18-10-12-22(3,11-6-9-16)25-19(18)14-20(21)23-4/h8-10,12-14H,5-7,11,15H2,1-4H3/t22-/m1/s1. The van der Waals surface area contributed by atoms with Gasteiger partial charge in [-0.15, -0.1) is 0 Å². The lowest BCUT2D eigenvalue weighted by molar-refractivity contribution is 0.128. The van der Waals surface area contributed by atoms with Gasteiger partial charge in [-0.05, 0) is 64.2 Å². The van der Waals surface area contributed by atoms with E-state index < -0.39 is 0 Å². The summed E-state index contributed by atoms with van der Waals surface area (Å²) < 4.78 is 17.8. The molecule has 5 rings (SSSR count). The molecule has 0 spiro atoms. The molecule has 0 saturated carbocycles. The average Bonchev–Trinajstić information content (AvgIpc) is 2.58. The topological polar surface area (TPSA) is 27.7 Å². The van der Waals surface area contributed by atoms with E-state index in [4.69, 9.17) is 14.2 Å². The largest absolute Gasteiger partial charge is 0.493 e. The summed E-state index contributed by atoms with van der Waals surface area (Å²) >= 11 is 0. The van der Waals surface area contributed by atoms with Crippen molar-refractivity contribution in [1.82, 2.24) is 0 Å². The molecule has 4 bridgehead atoms. The molecule has 0 amide bonds. The van der Waals surface area contributed by atoms with Crippen molar-refractivity contribution in [3.05, 3.63) is 47.1 Å². The highest BCUT2D eigenvalue weighted by molar-refractivity contribution is 5.66. The van der Waals surface area contributed by atoms with Gasteiger partial charge in [0, 0.05) is 11.6 Å². The van der Waals surface area contributed by atoms with E-state index in [0.29, 0.717) is 12.4 Å². The molecule has 0 aromatic heterocycles. The number of fused-ring (bicyclic) bond motifs is 1. The maximum atomic E-state index is 6.31. The van der Waals surface area contributed by atoms with Gasteiger partial charge in [-0.3, -0.25) is 0 Å². The summed E-state index contributed by atoms with van der Waals surface area (Å²) in [5.41, 5.74) is 3.42. The molecule has 1 aromatic carbocycles. The quantitative estimate of drug-likeness (QED) is 0.613. The zero-order valence-corrected chi connectivity index (χ0v) is 15.7. The van der Waals surface area contributed by atoms with Crippen LogP contribution in [0.5, 0.6) is 17.2 Å². The Balaban J connectivity index is 1.96. The van der Waals surface area contributed by atoms with E-state index >= 15 is 0 Å². The Hall–Kier alpha value is -2.16. The second-order valence-corrected chi connectivity index (χ2v) is 7.26. The third-order valence-corrected chi connectivity index (χ3v) is 4.87. The van der Waals surface area contributed by atoms with Crippen LogP contribution < -0.4 is 14.2 Å². The minimum absolute atomic E-state index is 0.287. The molecule has 134 valence electrons. The Morgan fingerprint density at radius 1 is 1.04 bits per heavy atom. The second kappa shape index (κ2) is 7.38. The van der Waals surface area contributed by atoms with Crippen molar-refractivity contribution in [3.63, 3.8) is 0 Å². The molecule has 0 aliphatic carbocycles. The van der Waals surface area contributed by atoms with Crippen LogP contribution >= 0.6 is 0 Å². The lowest BCUT2D eigenvalue weighted by atomic mass is 9.94.